The number of rotatable bonds is 2. The Hall–Kier alpha value is -2.80. The molecule has 2 aliphatic rings. The maximum atomic E-state index is 11.3. The summed E-state index contributed by atoms with van der Waals surface area (Å²) < 4.78 is 0. The maximum absolute atomic E-state index is 11.3. The van der Waals surface area contributed by atoms with E-state index in [-0.39, 0.29) is 16.2 Å². The second-order valence-electron chi connectivity index (χ2n) is 12.7. The molecule has 0 bridgehead atoms. The first-order valence-electron chi connectivity index (χ1n) is 12.7. The van der Waals surface area contributed by atoms with Crippen molar-refractivity contribution in [2.24, 2.45) is 0 Å². The highest BCUT2D eigenvalue weighted by Gasteiger charge is 2.38. The van der Waals surface area contributed by atoms with E-state index in [1.807, 2.05) is 6.07 Å². The Morgan fingerprint density at radius 2 is 1.32 bits per heavy atom. The zero-order valence-electron chi connectivity index (χ0n) is 21.8. The van der Waals surface area contributed by atoms with Crippen LogP contribution in [0.25, 0.3) is 22.8 Å². The molecule has 176 valence electrons. The maximum Gasteiger partial charge on any atom is 0.127 e. The quantitative estimate of drug-likeness (QED) is 0.413. The normalized spacial score (nSPS) is 18.3. The molecule has 5 rings (SSSR count). The van der Waals surface area contributed by atoms with Crippen molar-refractivity contribution in [2.75, 3.05) is 0 Å². The van der Waals surface area contributed by atoms with Gasteiger partial charge in [0.25, 0.3) is 0 Å². The van der Waals surface area contributed by atoms with Crippen molar-refractivity contribution < 1.29 is 5.11 Å². The molecule has 3 aromatic carbocycles. The van der Waals surface area contributed by atoms with Gasteiger partial charge in [0, 0.05) is 5.56 Å². The number of benzene rings is 3. The molecule has 0 radical (unpaired) electrons. The molecule has 0 saturated heterocycles. The number of aromatic hydroxyl groups is 1. The minimum absolute atomic E-state index is 0.115. The number of phenols is 1. The van der Waals surface area contributed by atoms with Crippen LogP contribution in [0.3, 0.4) is 0 Å². The monoisotopic (exact) mass is 450 g/mol. The van der Waals surface area contributed by atoms with Crippen molar-refractivity contribution in [1.82, 2.24) is 0 Å². The third-order valence-electron chi connectivity index (χ3n) is 8.23. The molecule has 0 unspecified atom stereocenters. The fourth-order valence-corrected chi connectivity index (χ4v) is 5.94. The van der Waals surface area contributed by atoms with Gasteiger partial charge in [0.2, 0.25) is 0 Å². The molecule has 0 aromatic heterocycles. The molecule has 1 nitrogen and oxygen atoms in total. The Morgan fingerprint density at radius 3 is 1.97 bits per heavy atom. The third kappa shape index (κ3) is 3.70. The first kappa shape index (κ1) is 23.0. The van der Waals surface area contributed by atoms with Crippen molar-refractivity contribution in [2.45, 2.75) is 84.0 Å². The van der Waals surface area contributed by atoms with Crippen LogP contribution in [0, 0.1) is 0 Å². The van der Waals surface area contributed by atoms with Crippen molar-refractivity contribution in [3.63, 3.8) is 0 Å². The van der Waals surface area contributed by atoms with Gasteiger partial charge in [-0.25, -0.2) is 0 Å². The van der Waals surface area contributed by atoms with E-state index in [0.717, 1.165) is 23.1 Å². The largest absolute Gasteiger partial charge is 0.507 e. The topological polar surface area (TPSA) is 20.2 Å². The van der Waals surface area contributed by atoms with Crippen molar-refractivity contribution >= 4 is 11.6 Å². The van der Waals surface area contributed by atoms with E-state index in [1.165, 1.54) is 46.2 Å². The van der Waals surface area contributed by atoms with Crippen LogP contribution in [0.15, 0.2) is 54.6 Å². The average Bonchev–Trinajstić information content (AvgIpc) is 3.19. The summed E-state index contributed by atoms with van der Waals surface area (Å²) >= 11 is 0. The predicted octanol–water partition coefficient (Wildman–Crippen LogP) is 8.80. The second kappa shape index (κ2) is 7.60. The van der Waals surface area contributed by atoms with Gasteiger partial charge >= 0.3 is 0 Å². The summed E-state index contributed by atoms with van der Waals surface area (Å²) in [4.78, 5) is 0. The summed E-state index contributed by atoms with van der Waals surface area (Å²) in [5.74, 6) is 0.400. The molecular weight excluding hydrogens is 412 g/mol. The Bertz CT molecular complexity index is 1310. The van der Waals surface area contributed by atoms with Crippen LogP contribution in [-0.4, -0.2) is 5.11 Å². The zero-order valence-corrected chi connectivity index (χ0v) is 21.8. The Kier molecular flexibility index (Phi) is 5.13. The molecule has 0 atom stereocenters. The Balaban J connectivity index is 1.61. The summed E-state index contributed by atoms with van der Waals surface area (Å²) in [7, 11) is 0. The van der Waals surface area contributed by atoms with Gasteiger partial charge in [-0.05, 0) is 80.0 Å². The zero-order chi connectivity index (χ0) is 24.5. The highest BCUT2D eigenvalue weighted by Crippen LogP contribution is 2.49. The molecule has 1 N–H and O–H groups in total. The summed E-state index contributed by atoms with van der Waals surface area (Å²) in [6, 6.07) is 19.7. The molecule has 0 fully saturated rings. The number of allylic oxidation sites excluding steroid dienone is 1. The lowest BCUT2D eigenvalue weighted by Gasteiger charge is -2.42. The molecule has 1 heteroatoms. The van der Waals surface area contributed by atoms with Crippen LogP contribution in [0.5, 0.6) is 5.75 Å². The fourth-order valence-electron chi connectivity index (χ4n) is 5.94. The Morgan fingerprint density at radius 1 is 0.735 bits per heavy atom. The average molecular weight is 451 g/mol. The minimum atomic E-state index is -0.115. The van der Waals surface area contributed by atoms with Gasteiger partial charge in [0.1, 0.15) is 5.75 Å². The summed E-state index contributed by atoms with van der Waals surface area (Å²) in [6.45, 7) is 16.0. The minimum Gasteiger partial charge on any atom is -0.507 e. The van der Waals surface area contributed by atoms with E-state index in [1.54, 1.807) is 0 Å². The summed E-state index contributed by atoms with van der Waals surface area (Å²) in [5, 5.41) is 11.3. The molecule has 0 heterocycles. The van der Waals surface area contributed by atoms with Crippen LogP contribution in [0.2, 0.25) is 0 Å². The molecule has 0 spiro atoms. The lowest BCUT2D eigenvalue weighted by molar-refractivity contribution is 0.331. The molecular formula is C33H38O. The smallest absolute Gasteiger partial charge is 0.127 e. The standard InChI is InChI=1S/C33H38O/c1-31(2,3)27-14-10-13-26(30(27)34)25-12-9-8-11-24(25)23-17-21-19-28-29(20-22(21)18-23)33(6,7)16-15-32(28,4)5/h8-14,17,19-20,34H,15-16,18H2,1-7H3. The number of fused-ring (bicyclic) bond motifs is 2. The van der Waals surface area contributed by atoms with Crippen LogP contribution < -0.4 is 0 Å². The summed E-state index contributed by atoms with van der Waals surface area (Å²) in [6.07, 6.45) is 5.79. The van der Waals surface area contributed by atoms with Crippen LogP contribution >= 0.6 is 0 Å². The van der Waals surface area contributed by atoms with Gasteiger partial charge in [0.15, 0.2) is 0 Å². The number of hydrogen-bond donors (Lipinski definition) is 1. The lowest BCUT2D eigenvalue weighted by atomic mass is 9.62. The molecule has 34 heavy (non-hydrogen) atoms. The van der Waals surface area contributed by atoms with Gasteiger partial charge in [-0.3, -0.25) is 0 Å². The van der Waals surface area contributed by atoms with Gasteiger partial charge in [-0.2, -0.15) is 0 Å². The van der Waals surface area contributed by atoms with E-state index in [4.69, 9.17) is 0 Å². The van der Waals surface area contributed by atoms with Crippen LogP contribution in [0.4, 0.5) is 0 Å². The number of para-hydroxylation sites is 1. The number of phenolic OH excluding ortho intramolecular Hbond substituents is 1. The van der Waals surface area contributed by atoms with Crippen molar-refractivity contribution in [3.05, 3.63) is 88.0 Å². The SMILES string of the molecule is CC(C)(C)c1cccc(-c2ccccc2C2=Cc3cc4c(cc3C2)C(C)(C)CCC4(C)C)c1O. The summed E-state index contributed by atoms with van der Waals surface area (Å²) in [5.41, 5.74) is 11.7. The van der Waals surface area contributed by atoms with Gasteiger partial charge in [-0.15, -0.1) is 0 Å². The molecule has 0 amide bonds. The number of hydrogen-bond acceptors (Lipinski definition) is 1. The third-order valence-corrected chi connectivity index (χ3v) is 8.23. The first-order valence-corrected chi connectivity index (χ1v) is 12.7. The van der Waals surface area contributed by atoms with Crippen LogP contribution in [-0.2, 0) is 22.7 Å². The van der Waals surface area contributed by atoms with Crippen molar-refractivity contribution in [3.8, 4) is 16.9 Å². The lowest BCUT2D eigenvalue weighted by Crippen LogP contribution is -2.34. The van der Waals surface area contributed by atoms with E-state index in [0.29, 0.717) is 5.75 Å². The second-order valence-corrected chi connectivity index (χ2v) is 12.7. The highest BCUT2D eigenvalue weighted by molar-refractivity contribution is 5.95. The van der Waals surface area contributed by atoms with E-state index in [9.17, 15) is 5.11 Å². The van der Waals surface area contributed by atoms with Crippen molar-refractivity contribution in [1.29, 1.82) is 0 Å². The fraction of sp³-hybridized carbons (Fsp3) is 0.394. The van der Waals surface area contributed by atoms with E-state index < -0.39 is 0 Å². The molecule has 3 aromatic rings. The van der Waals surface area contributed by atoms with Gasteiger partial charge < -0.3 is 5.11 Å². The Labute approximate surface area is 205 Å². The van der Waals surface area contributed by atoms with E-state index >= 15 is 0 Å². The van der Waals surface area contributed by atoms with E-state index in [2.05, 4.69) is 103 Å². The van der Waals surface area contributed by atoms with Crippen LogP contribution in [0.1, 0.15) is 94.7 Å². The predicted molar refractivity (Wildman–Crippen MR) is 146 cm³/mol. The molecule has 2 aliphatic carbocycles. The van der Waals surface area contributed by atoms with Gasteiger partial charge in [0.05, 0.1) is 0 Å². The molecule has 0 aliphatic heterocycles. The molecule has 0 saturated carbocycles. The first-order chi connectivity index (χ1) is 15.9. The van der Waals surface area contributed by atoms with Gasteiger partial charge in [-0.1, -0.05) is 109 Å². The highest BCUT2D eigenvalue weighted by atomic mass is 16.3.